The minimum absolute atomic E-state index is 1.32. The van der Waals surface area contributed by atoms with Gasteiger partial charge in [0.05, 0.1) is 0 Å². The Morgan fingerprint density at radius 2 is 0.850 bits per heavy atom. The van der Waals surface area contributed by atoms with E-state index in [2.05, 4.69) is 106 Å². The number of fused-ring (bicyclic) bond motifs is 6. The molecule has 0 aromatic heterocycles. The molecule has 0 heterocycles. The smallest absolute Gasteiger partial charge is 0.0215 e. The molecule has 0 saturated heterocycles. The van der Waals surface area contributed by atoms with Crippen LogP contribution in [0, 0.1) is 7.14 Å². The summed E-state index contributed by atoms with van der Waals surface area (Å²) in [7, 11) is 0. The minimum Gasteiger partial charge on any atom is -0.0616 e. The number of halogens is 2. The van der Waals surface area contributed by atoms with Crippen LogP contribution in [0.1, 0.15) is 0 Å². The van der Waals surface area contributed by atoms with E-state index in [1.165, 1.54) is 39.5 Å². The van der Waals surface area contributed by atoms with Crippen LogP contribution >= 0.6 is 45.2 Å². The lowest BCUT2D eigenvalue weighted by Crippen LogP contribution is -1.87. The highest BCUT2D eigenvalue weighted by Crippen LogP contribution is 2.38. The Kier molecular flexibility index (Phi) is 3.11. The molecule has 0 amide bonds. The summed E-state index contributed by atoms with van der Waals surface area (Å²) in [5, 5.41) is 8.15. The molecule has 0 aliphatic rings. The third-order valence-corrected chi connectivity index (χ3v) is 5.58. The fraction of sp³-hybridized carbons (Fsp3) is 0. The lowest BCUT2D eigenvalue weighted by Gasteiger charge is -2.12. The van der Waals surface area contributed by atoms with Crippen LogP contribution in [0.5, 0.6) is 0 Å². The van der Waals surface area contributed by atoms with Crippen LogP contribution in [0.4, 0.5) is 0 Å². The zero-order valence-electron chi connectivity index (χ0n) is 10.5. The van der Waals surface area contributed by atoms with E-state index in [9.17, 15) is 0 Å². The molecule has 0 atom stereocenters. The van der Waals surface area contributed by atoms with Crippen molar-refractivity contribution in [2.75, 3.05) is 0 Å². The summed E-state index contributed by atoms with van der Waals surface area (Å²) >= 11 is 4.90. The van der Waals surface area contributed by atoms with Crippen molar-refractivity contribution in [3.05, 3.63) is 67.8 Å². The van der Waals surface area contributed by atoms with Crippen molar-refractivity contribution >= 4 is 77.5 Å². The van der Waals surface area contributed by atoms with Crippen molar-refractivity contribution in [1.29, 1.82) is 0 Å². The molecule has 4 rings (SSSR count). The quantitative estimate of drug-likeness (QED) is 0.203. The zero-order chi connectivity index (χ0) is 13.7. The highest BCUT2D eigenvalue weighted by atomic mass is 127. The van der Waals surface area contributed by atoms with Gasteiger partial charge in [0.15, 0.2) is 0 Å². The Bertz CT molecular complexity index is 891. The average Bonchev–Trinajstić information content (AvgIpc) is 2.48. The number of hydrogen-bond acceptors (Lipinski definition) is 0. The number of hydrogen-bond donors (Lipinski definition) is 0. The summed E-state index contributed by atoms with van der Waals surface area (Å²) in [4.78, 5) is 0. The molecule has 0 fully saturated rings. The summed E-state index contributed by atoms with van der Waals surface area (Å²) in [5.74, 6) is 0. The third-order valence-electron chi connectivity index (χ3n) is 3.78. The molecular weight excluding hydrogens is 470 g/mol. The van der Waals surface area contributed by atoms with E-state index in [-0.39, 0.29) is 0 Å². The molecule has 0 radical (unpaired) electrons. The van der Waals surface area contributed by atoms with Crippen molar-refractivity contribution in [3.63, 3.8) is 0 Å². The molecule has 0 aliphatic carbocycles. The van der Waals surface area contributed by atoms with Gasteiger partial charge in [-0.3, -0.25) is 0 Å². The molecule has 4 aromatic rings. The minimum atomic E-state index is 1.32. The van der Waals surface area contributed by atoms with E-state index in [4.69, 9.17) is 0 Å². The normalized spacial score (nSPS) is 11.5. The monoisotopic (exact) mass is 480 g/mol. The zero-order valence-corrected chi connectivity index (χ0v) is 14.8. The van der Waals surface area contributed by atoms with E-state index >= 15 is 0 Å². The second kappa shape index (κ2) is 4.84. The van der Waals surface area contributed by atoms with Gasteiger partial charge in [0.2, 0.25) is 0 Å². The molecule has 2 heteroatoms. The second-order valence-corrected chi connectivity index (χ2v) is 7.19. The Labute approximate surface area is 144 Å². The van der Waals surface area contributed by atoms with Crippen LogP contribution in [0.25, 0.3) is 32.3 Å². The summed E-state index contributed by atoms with van der Waals surface area (Å²) < 4.78 is 2.64. The Morgan fingerprint density at radius 1 is 0.450 bits per heavy atom. The molecule has 20 heavy (non-hydrogen) atoms. The van der Waals surface area contributed by atoms with Crippen LogP contribution < -0.4 is 0 Å². The van der Waals surface area contributed by atoms with Crippen LogP contribution in [0.3, 0.4) is 0 Å². The summed E-state index contributed by atoms with van der Waals surface area (Å²) in [6.07, 6.45) is 0. The van der Waals surface area contributed by atoms with Crippen molar-refractivity contribution in [2.24, 2.45) is 0 Å². The molecule has 0 saturated carbocycles. The van der Waals surface area contributed by atoms with Gasteiger partial charge in [-0.1, -0.05) is 48.5 Å². The maximum atomic E-state index is 2.45. The fourth-order valence-corrected chi connectivity index (χ4v) is 4.49. The number of benzene rings is 4. The van der Waals surface area contributed by atoms with Gasteiger partial charge < -0.3 is 0 Å². The Balaban J connectivity index is 2.49. The van der Waals surface area contributed by atoms with Crippen molar-refractivity contribution in [2.45, 2.75) is 0 Å². The first-order chi connectivity index (χ1) is 9.77. The van der Waals surface area contributed by atoms with Crippen LogP contribution in [0.15, 0.2) is 60.7 Å². The Hall–Kier alpha value is -0.880. The van der Waals surface area contributed by atoms with Crippen molar-refractivity contribution in [3.8, 4) is 0 Å². The largest absolute Gasteiger partial charge is 0.0616 e. The molecule has 0 spiro atoms. The van der Waals surface area contributed by atoms with Gasteiger partial charge in [-0.25, -0.2) is 0 Å². The topological polar surface area (TPSA) is 0 Å². The van der Waals surface area contributed by atoms with E-state index in [1.54, 1.807) is 0 Å². The first-order valence-electron chi connectivity index (χ1n) is 6.44. The summed E-state index contributed by atoms with van der Waals surface area (Å²) in [6.45, 7) is 0. The lowest BCUT2D eigenvalue weighted by atomic mass is 9.94. The second-order valence-electron chi connectivity index (χ2n) is 4.87. The predicted octanol–water partition coefficient (Wildman–Crippen LogP) is 6.36. The highest BCUT2D eigenvalue weighted by molar-refractivity contribution is 14.1. The molecule has 0 aliphatic heterocycles. The van der Waals surface area contributed by atoms with Gasteiger partial charge in [-0.2, -0.15) is 0 Å². The van der Waals surface area contributed by atoms with Gasteiger partial charge in [0.25, 0.3) is 0 Å². The SMILES string of the molecule is Ic1cccc2c3ccccc3c3cccc(I)c3c12. The lowest BCUT2D eigenvalue weighted by molar-refractivity contribution is 1.72. The fourth-order valence-electron chi connectivity index (χ4n) is 2.96. The maximum Gasteiger partial charge on any atom is 0.0215 e. The van der Waals surface area contributed by atoms with E-state index in [0.29, 0.717) is 0 Å². The first kappa shape index (κ1) is 12.8. The van der Waals surface area contributed by atoms with Gasteiger partial charge in [-0.05, 0) is 78.9 Å². The first-order valence-corrected chi connectivity index (χ1v) is 8.60. The third kappa shape index (κ3) is 1.77. The molecular formula is C18H10I2. The summed E-state index contributed by atoms with van der Waals surface area (Å²) in [5.41, 5.74) is 0. The standard InChI is InChI=1S/C18H10I2/c19-15-9-3-7-13-11-5-1-2-6-12(11)14-8-4-10-16(20)18(14)17(13)15/h1-10H. The van der Waals surface area contributed by atoms with E-state index in [0.717, 1.165) is 0 Å². The van der Waals surface area contributed by atoms with Crippen molar-refractivity contribution < 1.29 is 0 Å². The summed E-state index contributed by atoms with van der Waals surface area (Å²) in [6, 6.07) is 21.9. The highest BCUT2D eigenvalue weighted by Gasteiger charge is 2.11. The maximum absolute atomic E-state index is 2.45. The molecule has 4 aromatic carbocycles. The van der Waals surface area contributed by atoms with E-state index < -0.39 is 0 Å². The van der Waals surface area contributed by atoms with E-state index in [1.807, 2.05) is 0 Å². The van der Waals surface area contributed by atoms with Gasteiger partial charge in [0, 0.05) is 17.9 Å². The molecule has 0 nitrogen and oxygen atoms in total. The molecule has 0 bridgehead atoms. The van der Waals surface area contributed by atoms with Crippen LogP contribution in [0.2, 0.25) is 0 Å². The number of rotatable bonds is 0. The average molecular weight is 480 g/mol. The van der Waals surface area contributed by atoms with Gasteiger partial charge >= 0.3 is 0 Å². The molecule has 0 N–H and O–H groups in total. The van der Waals surface area contributed by atoms with Gasteiger partial charge in [-0.15, -0.1) is 0 Å². The molecule has 0 unspecified atom stereocenters. The van der Waals surface area contributed by atoms with Crippen molar-refractivity contribution in [1.82, 2.24) is 0 Å². The molecule has 96 valence electrons. The predicted molar refractivity (Wildman–Crippen MR) is 104 cm³/mol. The van der Waals surface area contributed by atoms with Crippen LogP contribution in [-0.2, 0) is 0 Å². The van der Waals surface area contributed by atoms with Gasteiger partial charge in [0.1, 0.15) is 0 Å². The van der Waals surface area contributed by atoms with Crippen LogP contribution in [-0.4, -0.2) is 0 Å². The Morgan fingerprint density at radius 3 is 1.30 bits per heavy atom.